The molecule has 0 aliphatic rings. The third kappa shape index (κ3) is 14.2. The van der Waals surface area contributed by atoms with Gasteiger partial charge in [0.1, 0.15) is 23.9 Å². The number of aliphatic carboxylic acids is 1. The van der Waals surface area contributed by atoms with Crippen molar-refractivity contribution in [2.75, 3.05) is 18.6 Å². The summed E-state index contributed by atoms with van der Waals surface area (Å²) in [6, 6.07) is 1.25. The predicted molar refractivity (Wildman–Crippen MR) is 155 cm³/mol. The Morgan fingerprint density at radius 2 is 1.46 bits per heavy atom. The fraction of sp³-hybridized carbons (Fsp3) is 0.520. The molecule has 16 heteroatoms. The number of hydrogen-bond acceptors (Lipinski definition) is 9. The lowest BCUT2D eigenvalue weighted by Gasteiger charge is -2.25. The van der Waals surface area contributed by atoms with Crippen molar-refractivity contribution in [2.45, 2.75) is 62.7 Å². The van der Waals surface area contributed by atoms with Crippen LogP contribution in [0, 0.1) is 0 Å². The van der Waals surface area contributed by atoms with Gasteiger partial charge in [-0.2, -0.15) is 11.8 Å². The molecule has 0 saturated heterocycles. The normalized spacial score (nSPS) is 13.6. The van der Waals surface area contributed by atoms with E-state index in [0.717, 1.165) is 0 Å². The monoisotopic (exact) mass is 596 g/mol. The summed E-state index contributed by atoms with van der Waals surface area (Å²) in [4.78, 5) is 65.8. The van der Waals surface area contributed by atoms with Crippen LogP contribution >= 0.6 is 11.8 Å². The molecule has 4 amide bonds. The first kappa shape index (κ1) is 35.0. The fourth-order valence-corrected chi connectivity index (χ4v) is 4.07. The van der Waals surface area contributed by atoms with E-state index in [4.69, 9.17) is 22.9 Å². The van der Waals surface area contributed by atoms with Crippen LogP contribution in [0.2, 0.25) is 0 Å². The Kier molecular flexibility index (Phi) is 15.6. The molecule has 1 aromatic carbocycles. The number of aliphatic imine (C=N–C) groups is 1. The number of carboxylic acid groups (broad SMARTS) is 1. The van der Waals surface area contributed by atoms with E-state index in [0.29, 0.717) is 11.3 Å². The van der Waals surface area contributed by atoms with Crippen LogP contribution < -0.4 is 38.9 Å². The van der Waals surface area contributed by atoms with Gasteiger partial charge in [-0.1, -0.05) is 12.1 Å². The van der Waals surface area contributed by atoms with Gasteiger partial charge in [-0.25, -0.2) is 4.79 Å². The van der Waals surface area contributed by atoms with Crippen LogP contribution in [-0.4, -0.2) is 88.5 Å². The Balaban J connectivity index is 3.10. The van der Waals surface area contributed by atoms with Crippen molar-refractivity contribution in [3.05, 3.63) is 29.8 Å². The van der Waals surface area contributed by atoms with Gasteiger partial charge in [0.15, 0.2) is 5.96 Å². The Morgan fingerprint density at radius 1 is 0.878 bits per heavy atom. The first-order chi connectivity index (χ1) is 19.3. The fourth-order valence-electron chi connectivity index (χ4n) is 3.59. The van der Waals surface area contributed by atoms with Crippen LogP contribution in [0.3, 0.4) is 0 Å². The second-order valence-corrected chi connectivity index (χ2v) is 10.2. The minimum Gasteiger partial charge on any atom is -0.508 e. The van der Waals surface area contributed by atoms with E-state index >= 15 is 0 Å². The molecule has 0 fully saturated rings. The van der Waals surface area contributed by atoms with E-state index < -0.39 is 53.8 Å². The zero-order valence-electron chi connectivity index (χ0n) is 22.9. The quantitative estimate of drug-likeness (QED) is 0.0472. The first-order valence-corrected chi connectivity index (χ1v) is 14.2. The zero-order chi connectivity index (χ0) is 30.9. The molecule has 41 heavy (non-hydrogen) atoms. The summed E-state index contributed by atoms with van der Waals surface area (Å²) in [5, 5.41) is 26.8. The summed E-state index contributed by atoms with van der Waals surface area (Å²) in [5.41, 5.74) is 22.1. The Bertz CT molecular complexity index is 1070. The van der Waals surface area contributed by atoms with Crippen molar-refractivity contribution in [1.29, 1.82) is 0 Å². The molecule has 0 aliphatic heterocycles. The van der Waals surface area contributed by atoms with Crippen LogP contribution in [0.1, 0.15) is 37.7 Å². The lowest BCUT2D eigenvalue weighted by molar-refractivity contribution is -0.142. The van der Waals surface area contributed by atoms with E-state index in [2.05, 4.69) is 20.9 Å². The summed E-state index contributed by atoms with van der Waals surface area (Å²) in [6.45, 7) is 0.161. The van der Waals surface area contributed by atoms with Gasteiger partial charge >= 0.3 is 5.97 Å². The van der Waals surface area contributed by atoms with E-state index in [1.54, 1.807) is 12.1 Å². The number of amides is 4. The molecule has 15 nitrogen and oxygen atoms in total. The number of phenols is 1. The summed E-state index contributed by atoms with van der Waals surface area (Å²) in [6.07, 6.45) is 2.15. The van der Waals surface area contributed by atoms with Gasteiger partial charge in [0.25, 0.3) is 0 Å². The molecule has 0 spiro atoms. The van der Waals surface area contributed by atoms with Crippen LogP contribution in [-0.2, 0) is 30.4 Å². The Labute approximate surface area is 242 Å². The van der Waals surface area contributed by atoms with Crippen LogP contribution in [0.4, 0.5) is 0 Å². The molecule has 4 atom stereocenters. The molecule has 0 aliphatic carbocycles. The van der Waals surface area contributed by atoms with Crippen molar-refractivity contribution in [3.63, 3.8) is 0 Å². The molecule has 0 bridgehead atoms. The number of aromatic hydroxyl groups is 1. The molecular weight excluding hydrogens is 556 g/mol. The highest BCUT2D eigenvalue weighted by atomic mass is 32.2. The maximum absolute atomic E-state index is 13.3. The van der Waals surface area contributed by atoms with Gasteiger partial charge in [0.2, 0.25) is 23.6 Å². The van der Waals surface area contributed by atoms with Crippen LogP contribution in [0.25, 0.3) is 0 Å². The lowest BCUT2D eigenvalue weighted by atomic mass is 10.0. The molecule has 0 radical (unpaired) electrons. The predicted octanol–water partition coefficient (Wildman–Crippen LogP) is -2.13. The Morgan fingerprint density at radius 3 is 2.02 bits per heavy atom. The number of nitrogens with one attached hydrogen (secondary N) is 3. The van der Waals surface area contributed by atoms with E-state index in [-0.39, 0.29) is 56.8 Å². The average Bonchev–Trinajstić information content (AvgIpc) is 2.91. The molecular formula is C25H40N8O7S. The number of carbonyl (C=O) groups excluding carboxylic acids is 4. The van der Waals surface area contributed by atoms with Gasteiger partial charge in [-0.15, -0.1) is 0 Å². The highest BCUT2D eigenvalue weighted by Crippen LogP contribution is 2.13. The number of rotatable bonds is 19. The smallest absolute Gasteiger partial charge is 0.326 e. The molecule has 13 N–H and O–H groups in total. The number of benzene rings is 1. The maximum Gasteiger partial charge on any atom is 0.326 e. The number of carbonyl (C=O) groups is 5. The summed E-state index contributed by atoms with van der Waals surface area (Å²) in [7, 11) is 0. The molecule has 0 heterocycles. The maximum atomic E-state index is 13.3. The van der Waals surface area contributed by atoms with Crippen molar-refractivity contribution in [3.8, 4) is 5.75 Å². The summed E-state index contributed by atoms with van der Waals surface area (Å²) >= 11 is 1.43. The highest BCUT2D eigenvalue weighted by Gasteiger charge is 2.30. The largest absolute Gasteiger partial charge is 0.508 e. The number of primary amides is 1. The van der Waals surface area contributed by atoms with Gasteiger partial charge in [-0.05, 0) is 55.4 Å². The summed E-state index contributed by atoms with van der Waals surface area (Å²) < 4.78 is 0. The molecule has 0 aromatic heterocycles. The second-order valence-electron chi connectivity index (χ2n) is 9.23. The SMILES string of the molecule is CSCCC(NC(=O)C(N)CCC(N)=O)C(=O)NC(Cc1ccc(O)cc1)C(=O)NC(CCCN=C(N)N)C(=O)O. The molecule has 0 saturated carbocycles. The molecule has 228 valence electrons. The number of nitrogens with zero attached hydrogens (tertiary/aromatic N) is 1. The average molecular weight is 597 g/mol. The van der Waals surface area contributed by atoms with Crippen LogP contribution in [0.5, 0.6) is 5.75 Å². The minimum atomic E-state index is -1.29. The number of nitrogens with two attached hydrogens (primary N) is 4. The number of carboxylic acids is 1. The van der Waals surface area contributed by atoms with Gasteiger partial charge in [0, 0.05) is 19.4 Å². The highest BCUT2D eigenvalue weighted by molar-refractivity contribution is 7.98. The molecule has 1 rings (SSSR count). The van der Waals surface area contributed by atoms with Gasteiger partial charge in [-0.3, -0.25) is 24.2 Å². The minimum absolute atomic E-state index is 0.00183. The third-order valence-electron chi connectivity index (χ3n) is 5.85. The number of guanidine groups is 1. The van der Waals surface area contributed by atoms with Crippen molar-refractivity contribution in [1.82, 2.24) is 16.0 Å². The summed E-state index contributed by atoms with van der Waals surface area (Å²) in [5.74, 6) is -3.69. The second kappa shape index (κ2) is 18.3. The van der Waals surface area contributed by atoms with Crippen LogP contribution in [0.15, 0.2) is 29.3 Å². The topological polar surface area (TPSA) is 278 Å². The van der Waals surface area contributed by atoms with E-state index in [1.165, 1.54) is 23.9 Å². The van der Waals surface area contributed by atoms with Crippen molar-refractivity contribution < 1.29 is 34.2 Å². The lowest BCUT2D eigenvalue weighted by Crippen LogP contribution is -2.57. The van der Waals surface area contributed by atoms with Crippen molar-refractivity contribution in [2.24, 2.45) is 27.9 Å². The standard InChI is InChI=1S/C25H40N8O7S/c1-41-12-10-17(31-21(36)16(26)8-9-20(27)35)22(37)33-19(13-14-4-6-15(34)7-5-14)23(38)32-18(24(39)40)3-2-11-30-25(28)29/h4-7,16-19,34H,2-3,8-13,26H2,1H3,(H2,27,35)(H,31,36)(H,32,38)(H,33,37)(H,39,40)(H4,28,29,30). The molecule has 1 aromatic rings. The van der Waals surface area contributed by atoms with Gasteiger partial charge in [0.05, 0.1) is 6.04 Å². The third-order valence-corrected chi connectivity index (χ3v) is 6.50. The number of hydrogen-bond donors (Lipinski definition) is 9. The number of thioether (sulfide) groups is 1. The Hall–Kier alpha value is -4.05. The molecule has 4 unspecified atom stereocenters. The van der Waals surface area contributed by atoms with Gasteiger partial charge < -0.3 is 49.1 Å². The van der Waals surface area contributed by atoms with E-state index in [9.17, 15) is 34.2 Å². The van der Waals surface area contributed by atoms with Crippen molar-refractivity contribution >= 4 is 47.3 Å². The number of phenolic OH excluding ortho intramolecular Hbond substituents is 1. The zero-order valence-corrected chi connectivity index (χ0v) is 23.7. The first-order valence-electron chi connectivity index (χ1n) is 12.8. The van der Waals surface area contributed by atoms with E-state index in [1.807, 2.05) is 6.26 Å².